The standard InChI is InChI=1S/C5H6BrN3OS/c6-2-1-4(10)8-5-3-7-9-11-5/h3H,1-2H2,(H,8,10). The van der Waals surface area contributed by atoms with Crippen LogP contribution in [0.4, 0.5) is 5.00 Å². The molecule has 0 atom stereocenters. The van der Waals surface area contributed by atoms with E-state index in [2.05, 4.69) is 30.8 Å². The van der Waals surface area contributed by atoms with Crippen LogP contribution in [0, 0.1) is 0 Å². The molecule has 0 radical (unpaired) electrons. The van der Waals surface area contributed by atoms with Gasteiger partial charge in [0.2, 0.25) is 5.91 Å². The molecule has 0 fully saturated rings. The molecule has 0 bridgehead atoms. The van der Waals surface area contributed by atoms with Crippen molar-refractivity contribution in [3.63, 3.8) is 0 Å². The van der Waals surface area contributed by atoms with E-state index >= 15 is 0 Å². The van der Waals surface area contributed by atoms with Crippen molar-refractivity contribution >= 4 is 38.4 Å². The Morgan fingerprint density at radius 3 is 3.18 bits per heavy atom. The van der Waals surface area contributed by atoms with Crippen LogP contribution in [-0.4, -0.2) is 20.8 Å². The summed E-state index contributed by atoms with van der Waals surface area (Å²) >= 11 is 4.33. The zero-order chi connectivity index (χ0) is 8.10. The first-order chi connectivity index (χ1) is 5.33. The maximum atomic E-state index is 10.9. The molecule has 0 saturated heterocycles. The van der Waals surface area contributed by atoms with Crippen molar-refractivity contribution in [1.29, 1.82) is 0 Å². The predicted octanol–water partition coefficient (Wildman–Crippen LogP) is 1.26. The van der Waals surface area contributed by atoms with Crippen molar-refractivity contribution in [3.05, 3.63) is 6.20 Å². The maximum Gasteiger partial charge on any atom is 0.225 e. The highest BCUT2D eigenvalue weighted by Gasteiger charge is 2.01. The van der Waals surface area contributed by atoms with Gasteiger partial charge in [-0.25, -0.2) is 0 Å². The van der Waals surface area contributed by atoms with Gasteiger partial charge in [0.25, 0.3) is 0 Å². The smallest absolute Gasteiger partial charge is 0.225 e. The zero-order valence-electron chi connectivity index (χ0n) is 5.58. The second-order valence-electron chi connectivity index (χ2n) is 1.77. The molecule has 0 aliphatic carbocycles. The van der Waals surface area contributed by atoms with E-state index in [1.807, 2.05) is 0 Å². The molecule has 0 spiro atoms. The van der Waals surface area contributed by atoms with Gasteiger partial charge in [-0.05, 0) is 0 Å². The third-order valence-corrected chi connectivity index (χ3v) is 1.92. The van der Waals surface area contributed by atoms with Crippen LogP contribution in [0.2, 0.25) is 0 Å². The number of aromatic nitrogens is 2. The van der Waals surface area contributed by atoms with Gasteiger partial charge in [-0.15, -0.1) is 5.10 Å². The minimum Gasteiger partial charge on any atom is -0.315 e. The van der Waals surface area contributed by atoms with Crippen molar-refractivity contribution in [1.82, 2.24) is 9.59 Å². The van der Waals surface area contributed by atoms with E-state index in [0.717, 1.165) is 0 Å². The summed E-state index contributed by atoms with van der Waals surface area (Å²) in [6.45, 7) is 0. The molecule has 1 rings (SSSR count). The fraction of sp³-hybridized carbons (Fsp3) is 0.400. The van der Waals surface area contributed by atoms with Gasteiger partial charge in [-0.3, -0.25) is 4.79 Å². The topological polar surface area (TPSA) is 54.9 Å². The predicted molar refractivity (Wildman–Crippen MR) is 46.9 cm³/mol. The third kappa shape index (κ3) is 2.94. The van der Waals surface area contributed by atoms with E-state index in [1.54, 1.807) is 0 Å². The second-order valence-corrected chi connectivity index (χ2v) is 3.35. The van der Waals surface area contributed by atoms with Crippen LogP contribution < -0.4 is 5.32 Å². The number of hydrogen-bond donors (Lipinski definition) is 1. The summed E-state index contributed by atoms with van der Waals surface area (Å²) in [5, 5.41) is 7.59. The van der Waals surface area contributed by atoms with Crippen molar-refractivity contribution in [2.24, 2.45) is 0 Å². The van der Waals surface area contributed by atoms with Crippen molar-refractivity contribution < 1.29 is 4.79 Å². The molecule has 1 N–H and O–H groups in total. The summed E-state index contributed by atoms with van der Waals surface area (Å²) in [5.41, 5.74) is 0. The van der Waals surface area contributed by atoms with Gasteiger partial charge in [-0.2, -0.15) is 0 Å². The van der Waals surface area contributed by atoms with Gasteiger partial charge >= 0.3 is 0 Å². The lowest BCUT2D eigenvalue weighted by Crippen LogP contribution is -2.10. The largest absolute Gasteiger partial charge is 0.315 e. The van der Waals surface area contributed by atoms with Gasteiger partial charge in [0.1, 0.15) is 5.00 Å². The van der Waals surface area contributed by atoms with Crippen LogP contribution in [-0.2, 0) is 4.79 Å². The lowest BCUT2D eigenvalue weighted by molar-refractivity contribution is -0.115. The first kappa shape index (κ1) is 8.61. The summed E-state index contributed by atoms with van der Waals surface area (Å²) in [4.78, 5) is 10.9. The number of nitrogens with one attached hydrogen (secondary N) is 1. The van der Waals surface area contributed by atoms with Gasteiger partial charge in [0, 0.05) is 23.3 Å². The molecular formula is C5H6BrN3OS. The Morgan fingerprint density at radius 1 is 1.82 bits per heavy atom. The number of amides is 1. The van der Waals surface area contributed by atoms with E-state index in [9.17, 15) is 4.79 Å². The van der Waals surface area contributed by atoms with Crippen molar-refractivity contribution in [2.75, 3.05) is 10.6 Å². The Morgan fingerprint density at radius 2 is 2.64 bits per heavy atom. The number of carbonyl (C=O) groups is 1. The Labute approximate surface area is 76.3 Å². The summed E-state index contributed by atoms with van der Waals surface area (Å²) < 4.78 is 3.60. The minimum atomic E-state index is -0.0204. The van der Waals surface area contributed by atoms with Crippen LogP contribution in [0.3, 0.4) is 0 Å². The molecule has 0 unspecified atom stereocenters. The highest BCUT2D eigenvalue weighted by molar-refractivity contribution is 9.09. The highest BCUT2D eigenvalue weighted by atomic mass is 79.9. The Hall–Kier alpha value is -0.490. The number of nitrogens with zero attached hydrogens (tertiary/aromatic N) is 2. The van der Waals surface area contributed by atoms with Gasteiger partial charge in [-0.1, -0.05) is 20.4 Å². The van der Waals surface area contributed by atoms with E-state index in [1.165, 1.54) is 17.7 Å². The van der Waals surface area contributed by atoms with Crippen LogP contribution in [0.1, 0.15) is 6.42 Å². The average molecular weight is 236 g/mol. The van der Waals surface area contributed by atoms with Crippen LogP contribution >= 0.6 is 27.5 Å². The molecular weight excluding hydrogens is 230 g/mol. The summed E-state index contributed by atoms with van der Waals surface area (Å²) in [6.07, 6.45) is 1.99. The van der Waals surface area contributed by atoms with E-state index in [0.29, 0.717) is 16.8 Å². The second kappa shape index (κ2) is 4.40. The number of anilines is 1. The normalized spacial score (nSPS) is 9.55. The first-order valence-corrected chi connectivity index (χ1v) is 4.85. The number of rotatable bonds is 3. The molecule has 0 aromatic carbocycles. The zero-order valence-corrected chi connectivity index (χ0v) is 7.98. The fourth-order valence-corrected chi connectivity index (χ4v) is 1.30. The number of carbonyl (C=O) groups excluding carboxylic acids is 1. The van der Waals surface area contributed by atoms with E-state index in [4.69, 9.17) is 0 Å². The Kier molecular flexibility index (Phi) is 3.44. The molecule has 6 heteroatoms. The number of hydrogen-bond acceptors (Lipinski definition) is 4. The Balaban J connectivity index is 2.37. The van der Waals surface area contributed by atoms with Gasteiger partial charge in [0.05, 0.1) is 6.20 Å². The molecule has 0 aliphatic rings. The quantitative estimate of drug-likeness (QED) is 0.804. The van der Waals surface area contributed by atoms with Crippen LogP contribution in [0.25, 0.3) is 0 Å². The Bertz CT molecular complexity index is 226. The maximum absolute atomic E-state index is 10.9. The fourth-order valence-electron chi connectivity index (χ4n) is 0.508. The number of alkyl halides is 1. The molecule has 4 nitrogen and oxygen atoms in total. The van der Waals surface area contributed by atoms with Gasteiger partial charge in [0.15, 0.2) is 0 Å². The first-order valence-electron chi connectivity index (χ1n) is 2.96. The molecule has 1 aromatic heterocycles. The molecule has 1 aromatic rings. The molecule has 1 heterocycles. The third-order valence-electron chi connectivity index (χ3n) is 0.945. The van der Waals surface area contributed by atoms with E-state index in [-0.39, 0.29) is 5.91 Å². The van der Waals surface area contributed by atoms with Gasteiger partial charge < -0.3 is 5.32 Å². The summed E-state index contributed by atoms with van der Waals surface area (Å²) in [5.74, 6) is -0.0204. The molecule has 1 amide bonds. The van der Waals surface area contributed by atoms with E-state index < -0.39 is 0 Å². The van der Waals surface area contributed by atoms with Crippen molar-refractivity contribution in [2.45, 2.75) is 6.42 Å². The number of halogens is 1. The lowest BCUT2D eigenvalue weighted by atomic mass is 10.4. The van der Waals surface area contributed by atoms with Crippen LogP contribution in [0.15, 0.2) is 6.20 Å². The SMILES string of the molecule is O=C(CCBr)Nc1cnns1. The van der Waals surface area contributed by atoms with Crippen molar-refractivity contribution in [3.8, 4) is 0 Å². The lowest BCUT2D eigenvalue weighted by Gasteiger charge is -1.96. The highest BCUT2D eigenvalue weighted by Crippen LogP contribution is 2.09. The minimum absolute atomic E-state index is 0.0204. The molecule has 11 heavy (non-hydrogen) atoms. The monoisotopic (exact) mass is 235 g/mol. The van der Waals surface area contributed by atoms with Crippen LogP contribution in [0.5, 0.6) is 0 Å². The molecule has 0 aliphatic heterocycles. The molecule has 60 valence electrons. The molecule has 0 saturated carbocycles. The summed E-state index contributed by atoms with van der Waals surface area (Å²) in [7, 11) is 0. The average Bonchev–Trinajstić information content (AvgIpc) is 2.40. The summed E-state index contributed by atoms with van der Waals surface area (Å²) in [6, 6.07) is 0.